The van der Waals surface area contributed by atoms with E-state index in [1.54, 1.807) is 6.20 Å². The number of allylic oxidation sites excluding steroid dienone is 1. The Bertz CT molecular complexity index is 886. The second-order valence-electron chi connectivity index (χ2n) is 7.02. The number of anilines is 1. The third kappa shape index (κ3) is 5.94. The highest BCUT2D eigenvalue weighted by molar-refractivity contribution is 6.31. The van der Waals surface area contributed by atoms with Gasteiger partial charge >= 0.3 is 0 Å². The largest absolute Gasteiger partial charge is 0.384 e. The molecule has 1 aliphatic rings. The highest BCUT2D eigenvalue weighted by Gasteiger charge is 2.12. The number of hydrogen-bond acceptors (Lipinski definition) is 4. The van der Waals surface area contributed by atoms with Gasteiger partial charge < -0.3 is 15.5 Å². The zero-order valence-electron chi connectivity index (χ0n) is 17.0. The van der Waals surface area contributed by atoms with E-state index in [2.05, 4.69) is 37.2 Å². The van der Waals surface area contributed by atoms with Gasteiger partial charge in [-0.25, -0.2) is 4.99 Å². The van der Waals surface area contributed by atoms with Gasteiger partial charge in [0.2, 0.25) is 5.96 Å². The molecule has 1 aliphatic heterocycles. The molecule has 6 nitrogen and oxygen atoms in total. The van der Waals surface area contributed by atoms with Crippen LogP contribution in [0.2, 0.25) is 5.02 Å². The number of benzene rings is 1. The zero-order chi connectivity index (χ0) is 20.5. The van der Waals surface area contributed by atoms with Gasteiger partial charge in [-0.3, -0.25) is 4.98 Å². The summed E-state index contributed by atoms with van der Waals surface area (Å²) in [4.78, 5) is 15.4. The second kappa shape index (κ2) is 10.8. The first-order valence-electron chi connectivity index (χ1n) is 10.2. The van der Waals surface area contributed by atoms with E-state index < -0.39 is 0 Å². The van der Waals surface area contributed by atoms with E-state index in [0.717, 1.165) is 55.0 Å². The minimum atomic E-state index is 0.577. The number of hydrogen-bond donors (Lipinski definition) is 2. The second-order valence-corrected chi connectivity index (χ2v) is 7.45. The van der Waals surface area contributed by atoms with Gasteiger partial charge in [-0.15, -0.1) is 0 Å². The number of fused-ring (bicyclic) bond motifs is 1. The van der Waals surface area contributed by atoms with Gasteiger partial charge in [0.05, 0.1) is 5.52 Å². The lowest BCUT2D eigenvalue weighted by Crippen LogP contribution is -2.30. The molecular formula is C22H29ClN6. The van der Waals surface area contributed by atoms with Crippen LogP contribution in [0.15, 0.2) is 52.3 Å². The lowest BCUT2D eigenvalue weighted by Gasteiger charge is -2.28. The lowest BCUT2D eigenvalue weighted by molar-refractivity contribution is 0.282. The summed E-state index contributed by atoms with van der Waals surface area (Å²) in [6, 6.07) is 7.75. The molecule has 0 radical (unpaired) electrons. The Hall–Kier alpha value is -2.60. The molecule has 7 heteroatoms. The summed E-state index contributed by atoms with van der Waals surface area (Å²) in [6.07, 6.45) is 8.50. The molecular weight excluding hydrogens is 384 g/mol. The highest BCUT2D eigenvalue weighted by atomic mass is 35.5. The van der Waals surface area contributed by atoms with Crippen molar-refractivity contribution in [3.63, 3.8) is 0 Å². The number of aromatic nitrogens is 1. The monoisotopic (exact) mass is 412 g/mol. The molecule has 29 heavy (non-hydrogen) atoms. The van der Waals surface area contributed by atoms with E-state index in [1.807, 2.05) is 37.3 Å². The third-order valence-electron chi connectivity index (χ3n) is 4.97. The molecule has 0 amide bonds. The topological polar surface area (TPSA) is 64.9 Å². The highest BCUT2D eigenvalue weighted by Crippen LogP contribution is 2.24. The molecule has 154 valence electrons. The molecule has 2 N–H and O–H groups in total. The molecule has 1 aromatic heterocycles. The summed E-state index contributed by atoms with van der Waals surface area (Å²) in [5.74, 6) is 1.55. The lowest BCUT2D eigenvalue weighted by atomic mass is 10.1. The molecule has 0 bridgehead atoms. The van der Waals surface area contributed by atoms with E-state index in [0.29, 0.717) is 11.0 Å². The Morgan fingerprint density at radius 2 is 2.07 bits per heavy atom. The van der Waals surface area contributed by atoms with Crippen LogP contribution in [0.3, 0.4) is 0 Å². The zero-order valence-corrected chi connectivity index (χ0v) is 17.8. The van der Waals surface area contributed by atoms with E-state index in [9.17, 15) is 0 Å². The fourth-order valence-electron chi connectivity index (χ4n) is 3.47. The van der Waals surface area contributed by atoms with Crippen LogP contribution in [0.4, 0.5) is 5.69 Å². The number of halogens is 1. The smallest absolute Gasteiger partial charge is 0.223 e. The molecule has 1 aromatic carbocycles. The van der Waals surface area contributed by atoms with Crippen LogP contribution in [0.5, 0.6) is 0 Å². The predicted molar refractivity (Wildman–Crippen MR) is 124 cm³/mol. The summed E-state index contributed by atoms with van der Waals surface area (Å²) >= 11 is 6.06. The molecule has 2 aromatic rings. The number of piperidine rings is 1. The van der Waals surface area contributed by atoms with Gasteiger partial charge in [0, 0.05) is 48.5 Å². The van der Waals surface area contributed by atoms with Crippen LogP contribution in [-0.4, -0.2) is 48.7 Å². The van der Waals surface area contributed by atoms with Gasteiger partial charge in [0.15, 0.2) is 0 Å². The van der Waals surface area contributed by atoms with Gasteiger partial charge in [0.25, 0.3) is 0 Å². The predicted octanol–water partition coefficient (Wildman–Crippen LogP) is 4.68. The number of nitrogens with one attached hydrogen (secondary N) is 2. The number of aliphatic imine (C=N–C) groups is 2. The Morgan fingerprint density at radius 3 is 2.83 bits per heavy atom. The van der Waals surface area contributed by atoms with Crippen LogP contribution < -0.4 is 10.6 Å². The minimum Gasteiger partial charge on any atom is -0.384 e. The van der Waals surface area contributed by atoms with Crippen molar-refractivity contribution in [1.82, 2.24) is 15.2 Å². The summed E-state index contributed by atoms with van der Waals surface area (Å²) in [5.41, 5.74) is 1.95. The van der Waals surface area contributed by atoms with Gasteiger partial charge in [0.1, 0.15) is 5.82 Å². The first-order valence-corrected chi connectivity index (χ1v) is 10.6. The Morgan fingerprint density at radius 1 is 1.24 bits per heavy atom. The molecule has 2 heterocycles. The van der Waals surface area contributed by atoms with Crippen LogP contribution in [-0.2, 0) is 0 Å². The Labute approximate surface area is 177 Å². The van der Waals surface area contributed by atoms with E-state index in [-0.39, 0.29) is 0 Å². The van der Waals surface area contributed by atoms with Crippen LogP contribution in [0.1, 0.15) is 32.6 Å². The van der Waals surface area contributed by atoms with Crippen molar-refractivity contribution in [2.45, 2.75) is 32.6 Å². The third-order valence-corrected chi connectivity index (χ3v) is 5.20. The summed E-state index contributed by atoms with van der Waals surface area (Å²) in [7, 11) is 0. The van der Waals surface area contributed by atoms with E-state index >= 15 is 0 Å². The average molecular weight is 413 g/mol. The van der Waals surface area contributed by atoms with Crippen molar-refractivity contribution >= 4 is 40.9 Å². The van der Waals surface area contributed by atoms with Crippen LogP contribution in [0.25, 0.3) is 10.9 Å². The Kier molecular flexibility index (Phi) is 7.87. The number of pyridine rings is 1. The maximum atomic E-state index is 6.06. The number of nitrogens with zero attached hydrogens (tertiary/aromatic N) is 4. The molecule has 3 rings (SSSR count). The Balaban J connectivity index is 1.49. The van der Waals surface area contributed by atoms with Crippen molar-refractivity contribution in [3.05, 3.63) is 47.4 Å². The average Bonchev–Trinajstić information content (AvgIpc) is 2.76. The van der Waals surface area contributed by atoms with E-state index in [4.69, 9.17) is 11.6 Å². The molecule has 0 unspecified atom stereocenters. The maximum absolute atomic E-state index is 6.06. The van der Waals surface area contributed by atoms with Crippen molar-refractivity contribution in [2.24, 2.45) is 9.98 Å². The summed E-state index contributed by atoms with van der Waals surface area (Å²) < 4.78 is 0. The van der Waals surface area contributed by atoms with Crippen LogP contribution >= 0.6 is 11.6 Å². The first kappa shape index (κ1) is 21.1. The quantitative estimate of drug-likeness (QED) is 0.393. The van der Waals surface area contributed by atoms with E-state index in [1.165, 1.54) is 19.3 Å². The van der Waals surface area contributed by atoms with Gasteiger partial charge in [-0.2, -0.15) is 4.99 Å². The number of guanidine groups is 1. The molecule has 0 atom stereocenters. The summed E-state index contributed by atoms with van der Waals surface area (Å²) in [5, 5.41) is 8.52. The van der Waals surface area contributed by atoms with Crippen molar-refractivity contribution in [2.75, 3.05) is 31.5 Å². The molecule has 0 saturated carbocycles. The van der Waals surface area contributed by atoms with Gasteiger partial charge in [-0.05, 0) is 69.7 Å². The fourth-order valence-corrected chi connectivity index (χ4v) is 3.63. The van der Waals surface area contributed by atoms with Crippen molar-refractivity contribution in [1.29, 1.82) is 0 Å². The molecule has 0 spiro atoms. The molecule has 0 aliphatic carbocycles. The number of rotatable bonds is 7. The standard InChI is InChI=1S/C22H29ClN6/c1-3-21(29-14-5-4-6-15-29)28-22(24-2)27-12-7-11-25-19-10-13-26-20-16-17(23)8-9-18(19)20/h3,8-10,13,16H,2,4-7,11-12,14-15H2,1H3,(H,25,26)(H,27,28)/b21-3+. The van der Waals surface area contributed by atoms with Crippen molar-refractivity contribution in [3.8, 4) is 0 Å². The van der Waals surface area contributed by atoms with Crippen LogP contribution in [0, 0.1) is 0 Å². The first-order chi connectivity index (χ1) is 14.2. The summed E-state index contributed by atoms with van der Waals surface area (Å²) in [6.45, 7) is 9.38. The SMILES string of the molecule is C=N/C(=N\C(=C/C)N1CCCCC1)NCCCNc1ccnc2cc(Cl)ccc12. The maximum Gasteiger partial charge on any atom is 0.223 e. The number of likely N-dealkylation sites (tertiary alicyclic amines) is 1. The van der Waals surface area contributed by atoms with Gasteiger partial charge in [-0.1, -0.05) is 11.6 Å². The fraction of sp³-hybridized carbons (Fsp3) is 0.409. The minimum absolute atomic E-state index is 0.577. The van der Waals surface area contributed by atoms with Crippen molar-refractivity contribution < 1.29 is 0 Å². The molecule has 1 saturated heterocycles. The normalized spacial score (nSPS) is 15.4. The molecule has 1 fully saturated rings.